The molecule has 1 aromatic heterocycles. The molecule has 7 N–H and O–H groups in total. The van der Waals surface area contributed by atoms with E-state index in [1.165, 1.54) is 12.1 Å². The third kappa shape index (κ3) is 17.0. The molecule has 14 heteroatoms. The number of nitrogens with zero attached hydrogens (tertiary/aromatic N) is 3. The van der Waals surface area contributed by atoms with Gasteiger partial charge in [0.15, 0.2) is 23.1 Å². The number of aromatic hydroxyl groups is 3. The number of benzene rings is 4. The maximum atomic E-state index is 12.4. The van der Waals surface area contributed by atoms with E-state index in [-0.39, 0.29) is 11.9 Å². The number of nitrogen functional groups attached to an aromatic ring is 1. The number of nitrogens with two attached hydrogens (primary N) is 1. The molecule has 0 radical (unpaired) electrons. The van der Waals surface area contributed by atoms with E-state index in [9.17, 15) is 20.1 Å². The van der Waals surface area contributed by atoms with Crippen LogP contribution in [0.3, 0.4) is 0 Å². The average Bonchev–Trinajstić information content (AvgIpc) is 3.38. The van der Waals surface area contributed by atoms with Gasteiger partial charge in [0, 0.05) is 34.4 Å². The van der Waals surface area contributed by atoms with Gasteiger partial charge in [0.25, 0.3) is 0 Å². The van der Waals surface area contributed by atoms with Gasteiger partial charge in [-0.2, -0.15) is 15.0 Å². The van der Waals surface area contributed by atoms with E-state index in [4.69, 9.17) is 24.7 Å². The molecule has 0 aliphatic heterocycles. The number of rotatable bonds is 27. The minimum absolute atomic E-state index is 0.00610. The summed E-state index contributed by atoms with van der Waals surface area (Å²) in [5.74, 6) is 2.91. The molecule has 0 fully saturated rings. The van der Waals surface area contributed by atoms with Crippen molar-refractivity contribution in [2.75, 3.05) is 44.0 Å². The summed E-state index contributed by atoms with van der Waals surface area (Å²) in [7, 11) is 0. The first kappa shape index (κ1) is 55.7. The van der Waals surface area contributed by atoms with Gasteiger partial charge in [0.1, 0.15) is 23.0 Å². The second-order valence-electron chi connectivity index (χ2n) is 18.8. The Morgan fingerprint density at radius 1 is 0.569 bits per heavy atom. The van der Waals surface area contributed by atoms with E-state index >= 15 is 0 Å². The standard InChI is InChI=1S/C58H76N6O8/c1-10-15-26-60-58(68)64-57-62-55(61-56(59)63-57)43-20-16-41(17-21-43)18-22-44-29-52(71-35-39(8)13-4)46(31-50(44)69-33-37(6)11-2)24-25-47-32-51(70-34-38(7)12-3)45(30-53(47)72-36-40(9)14-5)23-19-42-27-48(65)54(67)49(66)28-42/h16-25,27-32,37-40,65-67H,10-15,26,33-36H2,1-9H3,(H4,59,60,61,62,63,64,68)/b22-18+,23-19+,25-24+. The molecule has 0 saturated carbocycles. The number of carbonyl (C=O) groups excluding carboxylic acids is 1. The first-order valence-corrected chi connectivity index (χ1v) is 25.5. The van der Waals surface area contributed by atoms with Crippen molar-refractivity contribution in [3.8, 4) is 51.6 Å². The third-order valence-corrected chi connectivity index (χ3v) is 12.5. The molecule has 4 unspecified atom stereocenters. The van der Waals surface area contributed by atoms with E-state index in [2.05, 4.69) is 87.9 Å². The number of ether oxygens (including phenoxy) is 4. The highest BCUT2D eigenvalue weighted by Crippen LogP contribution is 2.39. The highest BCUT2D eigenvalue weighted by Gasteiger charge is 2.17. The van der Waals surface area contributed by atoms with Crippen molar-refractivity contribution in [3.05, 3.63) is 94.0 Å². The van der Waals surface area contributed by atoms with Crippen molar-refractivity contribution in [2.45, 2.75) is 101 Å². The number of amides is 2. The molecule has 1 heterocycles. The first-order chi connectivity index (χ1) is 34.6. The largest absolute Gasteiger partial charge is 0.504 e. The highest BCUT2D eigenvalue weighted by molar-refractivity contribution is 5.88. The lowest BCUT2D eigenvalue weighted by atomic mass is 10.0. The Hall–Kier alpha value is -7.22. The summed E-state index contributed by atoms with van der Waals surface area (Å²) in [6.07, 6.45) is 17.3. The van der Waals surface area contributed by atoms with Crippen LogP contribution in [0.4, 0.5) is 16.7 Å². The van der Waals surface area contributed by atoms with E-state index < -0.39 is 23.3 Å². The zero-order valence-corrected chi connectivity index (χ0v) is 43.6. The molecular weight excluding hydrogens is 909 g/mol. The minimum atomic E-state index is -0.571. The molecule has 4 atom stereocenters. The highest BCUT2D eigenvalue weighted by atomic mass is 16.5. The summed E-state index contributed by atoms with van der Waals surface area (Å²) < 4.78 is 26.3. The fourth-order valence-electron chi connectivity index (χ4n) is 6.72. The van der Waals surface area contributed by atoms with Crippen molar-refractivity contribution in [3.63, 3.8) is 0 Å². The van der Waals surface area contributed by atoms with Crippen LogP contribution < -0.4 is 35.3 Å². The average molecular weight is 985 g/mol. The molecular formula is C58H76N6O8. The van der Waals surface area contributed by atoms with Crippen molar-refractivity contribution in [1.82, 2.24) is 20.3 Å². The quantitative estimate of drug-likeness (QED) is 0.0165. The molecule has 386 valence electrons. The Morgan fingerprint density at radius 3 is 1.38 bits per heavy atom. The molecule has 0 spiro atoms. The SMILES string of the molecule is CCCCNC(=O)Nc1nc(N)nc(-c2ccc(/C=C/c3cc(OCC(C)CC)c(/C=C/c4cc(OCC(C)CC)c(/C=C/c5cc(O)c(O)c(O)c5)cc4OCC(C)CC)cc3OCC(C)CC)cc2)n1. The number of carbonyl (C=O) groups is 1. The van der Waals surface area contributed by atoms with Gasteiger partial charge in [0.2, 0.25) is 11.9 Å². The van der Waals surface area contributed by atoms with E-state index in [0.29, 0.717) is 96.6 Å². The van der Waals surface area contributed by atoms with Gasteiger partial charge in [-0.25, -0.2) is 4.79 Å². The second kappa shape index (κ2) is 28.0. The van der Waals surface area contributed by atoms with Crippen molar-refractivity contribution in [2.24, 2.45) is 23.7 Å². The zero-order chi connectivity index (χ0) is 52.2. The van der Waals surface area contributed by atoms with Crippen LogP contribution in [0.2, 0.25) is 0 Å². The normalized spacial score (nSPS) is 13.3. The molecule has 0 aliphatic rings. The Balaban J connectivity index is 1.56. The van der Waals surface area contributed by atoms with Crippen LogP contribution in [-0.4, -0.2) is 69.3 Å². The lowest BCUT2D eigenvalue weighted by molar-refractivity contribution is 0.249. The molecule has 2 amide bonds. The van der Waals surface area contributed by atoms with Gasteiger partial charge in [-0.05, 0) is 77.6 Å². The Morgan fingerprint density at radius 2 is 0.972 bits per heavy atom. The number of hydrogen-bond acceptors (Lipinski definition) is 12. The van der Waals surface area contributed by atoms with Gasteiger partial charge in [-0.3, -0.25) is 5.32 Å². The van der Waals surface area contributed by atoms with Crippen molar-refractivity contribution < 1.29 is 39.1 Å². The molecule has 0 bridgehead atoms. The van der Waals surface area contributed by atoms with Gasteiger partial charge < -0.3 is 45.3 Å². The molecule has 5 aromatic rings. The monoisotopic (exact) mass is 985 g/mol. The number of aromatic nitrogens is 3. The summed E-state index contributed by atoms with van der Waals surface area (Å²) in [5.41, 5.74) is 11.4. The van der Waals surface area contributed by atoms with E-state index in [0.717, 1.165) is 66.3 Å². The number of hydrogen-bond donors (Lipinski definition) is 6. The molecule has 4 aromatic carbocycles. The van der Waals surface area contributed by atoms with Crippen LogP contribution in [-0.2, 0) is 0 Å². The van der Waals surface area contributed by atoms with Gasteiger partial charge >= 0.3 is 6.03 Å². The van der Waals surface area contributed by atoms with Crippen LogP contribution in [0.25, 0.3) is 47.8 Å². The summed E-state index contributed by atoms with van der Waals surface area (Å²) in [4.78, 5) is 25.3. The van der Waals surface area contributed by atoms with Crippen LogP contribution in [0.5, 0.6) is 40.2 Å². The number of unbranched alkanes of at least 4 members (excludes halogenated alkanes) is 1. The van der Waals surface area contributed by atoms with Gasteiger partial charge in [0.05, 0.1) is 26.4 Å². The number of urea groups is 1. The van der Waals surface area contributed by atoms with Gasteiger partial charge in [-0.1, -0.05) is 155 Å². The number of phenolic OH excluding ortho intramolecular Hbond substituents is 3. The minimum Gasteiger partial charge on any atom is -0.504 e. The fourth-order valence-corrected chi connectivity index (χ4v) is 6.72. The maximum Gasteiger partial charge on any atom is 0.321 e. The lowest BCUT2D eigenvalue weighted by Crippen LogP contribution is -2.30. The lowest BCUT2D eigenvalue weighted by Gasteiger charge is -2.19. The van der Waals surface area contributed by atoms with Crippen molar-refractivity contribution >= 4 is 54.4 Å². The fraction of sp³-hybridized carbons (Fsp3) is 0.414. The molecule has 0 saturated heterocycles. The number of nitrogens with one attached hydrogen (secondary N) is 2. The van der Waals surface area contributed by atoms with Crippen LogP contribution >= 0.6 is 0 Å². The number of anilines is 2. The van der Waals surface area contributed by atoms with E-state index in [1.807, 2.05) is 78.9 Å². The zero-order valence-electron chi connectivity index (χ0n) is 43.6. The first-order valence-electron chi connectivity index (χ1n) is 25.5. The van der Waals surface area contributed by atoms with E-state index in [1.54, 1.807) is 6.08 Å². The Bertz CT molecular complexity index is 2610. The van der Waals surface area contributed by atoms with Crippen LogP contribution in [0.1, 0.15) is 134 Å². The third-order valence-electron chi connectivity index (χ3n) is 12.5. The second-order valence-corrected chi connectivity index (χ2v) is 18.8. The predicted octanol–water partition coefficient (Wildman–Crippen LogP) is 13.4. The summed E-state index contributed by atoms with van der Waals surface area (Å²) >= 11 is 0. The Kier molecular flexibility index (Phi) is 21.6. The summed E-state index contributed by atoms with van der Waals surface area (Å²) in [6, 6.07) is 18.1. The Labute approximate surface area is 426 Å². The predicted molar refractivity (Wildman–Crippen MR) is 293 cm³/mol. The summed E-state index contributed by atoms with van der Waals surface area (Å²) in [5, 5.41) is 35.8. The van der Waals surface area contributed by atoms with Crippen LogP contribution in [0, 0.1) is 23.7 Å². The van der Waals surface area contributed by atoms with Gasteiger partial charge in [-0.15, -0.1) is 0 Å². The van der Waals surface area contributed by atoms with Crippen LogP contribution in [0.15, 0.2) is 60.7 Å². The van der Waals surface area contributed by atoms with Crippen molar-refractivity contribution in [1.29, 1.82) is 0 Å². The number of phenols is 3. The molecule has 72 heavy (non-hydrogen) atoms. The topological polar surface area (TPSA) is 203 Å². The molecule has 0 aliphatic carbocycles. The molecule has 14 nitrogen and oxygen atoms in total. The summed E-state index contributed by atoms with van der Waals surface area (Å²) in [6.45, 7) is 21.8. The molecule has 5 rings (SSSR count). The smallest absolute Gasteiger partial charge is 0.321 e. The maximum absolute atomic E-state index is 12.4.